The van der Waals surface area contributed by atoms with Gasteiger partial charge in [0, 0.05) is 24.7 Å². The minimum atomic E-state index is 0.359. The molecule has 1 heterocycles. The van der Waals surface area contributed by atoms with Crippen LogP contribution in [0.4, 0.5) is 0 Å². The molecule has 1 aromatic heterocycles. The number of halogens is 1. The van der Waals surface area contributed by atoms with Crippen LogP contribution in [-0.4, -0.2) is 15.8 Å². The monoisotopic (exact) mass is 215 g/mol. The number of nitrogens with two attached hydrogens (primary N) is 1. The van der Waals surface area contributed by atoms with Gasteiger partial charge in [-0.2, -0.15) is 5.10 Å². The van der Waals surface area contributed by atoms with Gasteiger partial charge in [-0.25, -0.2) is 0 Å². The average molecular weight is 216 g/mol. The van der Waals surface area contributed by atoms with Crippen LogP contribution in [0.2, 0.25) is 0 Å². The molecule has 0 amide bonds. The summed E-state index contributed by atoms with van der Waals surface area (Å²) in [7, 11) is 1.95. The van der Waals surface area contributed by atoms with E-state index in [-0.39, 0.29) is 0 Å². The van der Waals surface area contributed by atoms with Gasteiger partial charge in [0.2, 0.25) is 0 Å². The normalized spacial score (nSPS) is 29.0. The third-order valence-electron chi connectivity index (χ3n) is 2.11. The largest absolute Gasteiger partial charge is 0.327 e. The van der Waals surface area contributed by atoms with Crippen LogP contribution in [0, 0.1) is 0 Å². The van der Waals surface area contributed by atoms with Crippen LogP contribution < -0.4 is 5.73 Å². The minimum Gasteiger partial charge on any atom is -0.327 e. The molecule has 2 rings (SSSR count). The Morgan fingerprint density at radius 3 is 2.82 bits per heavy atom. The Morgan fingerprint density at radius 2 is 2.45 bits per heavy atom. The van der Waals surface area contributed by atoms with Crippen molar-refractivity contribution in [3.63, 3.8) is 0 Å². The number of aromatic nitrogens is 2. The van der Waals surface area contributed by atoms with E-state index in [0.717, 1.165) is 11.0 Å². The van der Waals surface area contributed by atoms with Crippen LogP contribution in [0.25, 0.3) is 0 Å². The van der Waals surface area contributed by atoms with Gasteiger partial charge in [0.1, 0.15) is 4.60 Å². The Kier molecular flexibility index (Phi) is 1.54. The second kappa shape index (κ2) is 2.32. The fourth-order valence-corrected chi connectivity index (χ4v) is 1.82. The summed E-state index contributed by atoms with van der Waals surface area (Å²) in [5.74, 6) is 0.541. The Hall–Kier alpha value is -0.350. The third-order valence-corrected chi connectivity index (χ3v) is 2.49. The Balaban J connectivity index is 2.30. The van der Waals surface area contributed by atoms with Crippen molar-refractivity contribution < 1.29 is 0 Å². The van der Waals surface area contributed by atoms with Crippen LogP contribution in [-0.2, 0) is 7.05 Å². The van der Waals surface area contributed by atoms with E-state index in [1.807, 2.05) is 17.8 Å². The molecule has 60 valence electrons. The van der Waals surface area contributed by atoms with Crippen molar-refractivity contribution in [2.45, 2.75) is 18.4 Å². The van der Waals surface area contributed by atoms with Gasteiger partial charge in [-0.1, -0.05) is 0 Å². The molecule has 0 aromatic carbocycles. The molecule has 0 saturated heterocycles. The number of rotatable bonds is 1. The van der Waals surface area contributed by atoms with Gasteiger partial charge in [0.05, 0.1) is 0 Å². The highest BCUT2D eigenvalue weighted by Gasteiger charge is 2.37. The number of hydrogen-bond acceptors (Lipinski definition) is 2. The van der Waals surface area contributed by atoms with Crippen molar-refractivity contribution >= 4 is 15.9 Å². The summed E-state index contributed by atoms with van der Waals surface area (Å²) in [6, 6.07) is 2.40. The average Bonchev–Trinajstić information content (AvgIpc) is 2.52. The first-order valence-electron chi connectivity index (χ1n) is 3.63. The highest BCUT2D eigenvalue weighted by molar-refractivity contribution is 9.10. The van der Waals surface area contributed by atoms with E-state index in [2.05, 4.69) is 21.0 Å². The maximum Gasteiger partial charge on any atom is 0.128 e. The first-order chi connectivity index (χ1) is 5.18. The number of nitrogens with zero attached hydrogens (tertiary/aromatic N) is 2. The molecule has 2 atom stereocenters. The van der Waals surface area contributed by atoms with Gasteiger partial charge in [-0.15, -0.1) is 0 Å². The number of hydrogen-bond donors (Lipinski definition) is 1. The van der Waals surface area contributed by atoms with E-state index >= 15 is 0 Å². The second-order valence-electron chi connectivity index (χ2n) is 3.02. The zero-order valence-corrected chi connectivity index (χ0v) is 7.87. The highest BCUT2D eigenvalue weighted by Crippen LogP contribution is 2.39. The van der Waals surface area contributed by atoms with Gasteiger partial charge in [0.15, 0.2) is 0 Å². The van der Waals surface area contributed by atoms with E-state index in [4.69, 9.17) is 5.73 Å². The minimum absolute atomic E-state index is 0.359. The second-order valence-corrected chi connectivity index (χ2v) is 3.83. The maximum absolute atomic E-state index is 5.72. The standard InChI is InChI=1S/C7H10BrN3/c1-11-6(3-7(8)10-11)4-2-5(4)9/h3-5H,2,9H2,1H3. The molecule has 1 saturated carbocycles. The van der Waals surface area contributed by atoms with Crippen LogP contribution in [0.3, 0.4) is 0 Å². The van der Waals surface area contributed by atoms with Crippen LogP contribution in [0.15, 0.2) is 10.7 Å². The van der Waals surface area contributed by atoms with Crippen molar-refractivity contribution in [1.29, 1.82) is 0 Å². The topological polar surface area (TPSA) is 43.8 Å². The van der Waals surface area contributed by atoms with E-state index in [1.54, 1.807) is 0 Å². The summed E-state index contributed by atoms with van der Waals surface area (Å²) >= 11 is 3.33. The van der Waals surface area contributed by atoms with Gasteiger partial charge >= 0.3 is 0 Å². The molecule has 4 heteroatoms. The lowest BCUT2D eigenvalue weighted by molar-refractivity contribution is 0.703. The van der Waals surface area contributed by atoms with E-state index in [0.29, 0.717) is 12.0 Å². The summed E-state index contributed by atoms with van der Waals surface area (Å²) in [6.45, 7) is 0. The summed E-state index contributed by atoms with van der Waals surface area (Å²) in [5.41, 5.74) is 6.96. The van der Waals surface area contributed by atoms with Gasteiger partial charge < -0.3 is 5.73 Å². The van der Waals surface area contributed by atoms with Crippen molar-refractivity contribution in [1.82, 2.24) is 9.78 Å². The van der Waals surface area contributed by atoms with Crippen molar-refractivity contribution in [2.24, 2.45) is 12.8 Å². The lowest BCUT2D eigenvalue weighted by Crippen LogP contribution is -2.04. The Morgan fingerprint density at radius 1 is 1.82 bits per heavy atom. The molecule has 2 N–H and O–H groups in total. The molecule has 1 fully saturated rings. The van der Waals surface area contributed by atoms with E-state index in [9.17, 15) is 0 Å². The van der Waals surface area contributed by atoms with E-state index in [1.165, 1.54) is 5.69 Å². The molecule has 1 aliphatic rings. The van der Waals surface area contributed by atoms with Gasteiger partial charge in [-0.05, 0) is 28.4 Å². The van der Waals surface area contributed by atoms with Crippen molar-refractivity contribution in [3.8, 4) is 0 Å². The zero-order chi connectivity index (χ0) is 8.01. The lowest BCUT2D eigenvalue weighted by Gasteiger charge is -1.96. The summed E-state index contributed by atoms with van der Waals surface area (Å²) in [5, 5.41) is 4.18. The summed E-state index contributed by atoms with van der Waals surface area (Å²) in [6.07, 6.45) is 1.10. The molecule has 0 bridgehead atoms. The predicted molar refractivity (Wildman–Crippen MR) is 46.2 cm³/mol. The summed E-state index contributed by atoms with van der Waals surface area (Å²) in [4.78, 5) is 0. The number of aryl methyl sites for hydroxylation is 1. The molecular weight excluding hydrogens is 206 g/mol. The van der Waals surface area contributed by atoms with E-state index < -0.39 is 0 Å². The fourth-order valence-electron chi connectivity index (χ4n) is 1.35. The van der Waals surface area contributed by atoms with Crippen LogP contribution >= 0.6 is 15.9 Å². The van der Waals surface area contributed by atoms with Gasteiger partial charge in [0.25, 0.3) is 0 Å². The molecule has 0 spiro atoms. The third kappa shape index (κ3) is 1.20. The molecule has 1 aliphatic carbocycles. The first kappa shape index (κ1) is 7.31. The Bertz CT molecular complexity index is 281. The molecule has 0 aliphatic heterocycles. The maximum atomic E-state index is 5.72. The van der Waals surface area contributed by atoms with Crippen LogP contribution in [0.5, 0.6) is 0 Å². The quantitative estimate of drug-likeness (QED) is 0.760. The molecule has 11 heavy (non-hydrogen) atoms. The fraction of sp³-hybridized carbons (Fsp3) is 0.571. The lowest BCUT2D eigenvalue weighted by atomic mass is 10.3. The first-order valence-corrected chi connectivity index (χ1v) is 4.43. The molecule has 2 unspecified atom stereocenters. The van der Waals surface area contributed by atoms with Crippen molar-refractivity contribution in [3.05, 3.63) is 16.4 Å². The molecule has 1 aromatic rings. The van der Waals surface area contributed by atoms with Gasteiger partial charge in [-0.3, -0.25) is 4.68 Å². The summed E-state index contributed by atoms with van der Waals surface area (Å²) < 4.78 is 2.79. The predicted octanol–water partition coefficient (Wildman–Crippen LogP) is 0.997. The SMILES string of the molecule is Cn1nc(Br)cc1C1CC1N. The van der Waals surface area contributed by atoms with Crippen molar-refractivity contribution in [2.75, 3.05) is 0 Å². The molecular formula is C7H10BrN3. The highest BCUT2D eigenvalue weighted by atomic mass is 79.9. The molecule has 0 radical (unpaired) electrons. The molecule has 3 nitrogen and oxygen atoms in total. The zero-order valence-electron chi connectivity index (χ0n) is 6.29. The Labute approximate surface area is 73.7 Å². The smallest absolute Gasteiger partial charge is 0.128 e. The van der Waals surface area contributed by atoms with Crippen LogP contribution in [0.1, 0.15) is 18.0 Å².